The van der Waals surface area contributed by atoms with E-state index in [9.17, 15) is 8.42 Å². The molecule has 1 N–H and O–H groups in total. The average Bonchev–Trinajstić information content (AvgIpc) is 3.12. The van der Waals surface area contributed by atoms with E-state index >= 15 is 0 Å². The van der Waals surface area contributed by atoms with Gasteiger partial charge in [-0.3, -0.25) is 0 Å². The van der Waals surface area contributed by atoms with Crippen LogP contribution in [-0.4, -0.2) is 26.8 Å². The van der Waals surface area contributed by atoms with Gasteiger partial charge < -0.3 is 5.32 Å². The summed E-state index contributed by atoms with van der Waals surface area (Å²) in [6, 6.07) is 5.10. The van der Waals surface area contributed by atoms with Crippen LogP contribution in [0, 0.1) is 0 Å². The lowest BCUT2D eigenvalue weighted by molar-refractivity contribution is 0.588. The number of rotatable bonds is 6. The third kappa shape index (κ3) is 3.85. The highest BCUT2D eigenvalue weighted by Crippen LogP contribution is 2.26. The number of sulfone groups is 1. The summed E-state index contributed by atoms with van der Waals surface area (Å²) in [5.41, 5.74) is 0. The quantitative estimate of drug-likeness (QED) is 0.822. The summed E-state index contributed by atoms with van der Waals surface area (Å²) in [5, 5.41) is 3.90. The summed E-state index contributed by atoms with van der Waals surface area (Å²) in [6.45, 7) is 0.724. The van der Waals surface area contributed by atoms with Crippen molar-refractivity contribution in [3.63, 3.8) is 0 Å². The first-order valence-corrected chi connectivity index (χ1v) is 8.31. The molecule has 1 saturated carbocycles. The van der Waals surface area contributed by atoms with Gasteiger partial charge in [-0.05, 0) is 44.0 Å². The highest BCUT2D eigenvalue weighted by atomic mass is 35.5. The number of hydrogen-bond acceptors (Lipinski definition) is 3. The zero-order valence-electron chi connectivity index (χ0n) is 9.83. The molecule has 6 heteroatoms. The molecule has 1 fully saturated rings. The van der Waals surface area contributed by atoms with Gasteiger partial charge in [-0.25, -0.2) is 8.42 Å². The second-order valence-electron chi connectivity index (χ2n) is 4.48. The van der Waals surface area contributed by atoms with E-state index in [1.54, 1.807) is 6.07 Å². The van der Waals surface area contributed by atoms with Gasteiger partial charge in [0.25, 0.3) is 0 Å². The fourth-order valence-electron chi connectivity index (χ4n) is 1.68. The predicted octanol–water partition coefficient (Wildman–Crippen LogP) is 2.91. The summed E-state index contributed by atoms with van der Waals surface area (Å²) in [4.78, 5) is 0.128. The zero-order chi connectivity index (χ0) is 13.2. The van der Waals surface area contributed by atoms with Gasteiger partial charge in [0, 0.05) is 11.1 Å². The molecule has 0 bridgehead atoms. The lowest BCUT2D eigenvalue weighted by Gasteiger charge is -2.07. The maximum absolute atomic E-state index is 12.1. The monoisotopic (exact) mass is 307 g/mol. The van der Waals surface area contributed by atoms with E-state index in [1.807, 2.05) is 0 Å². The van der Waals surface area contributed by atoms with Crippen molar-refractivity contribution in [2.24, 2.45) is 0 Å². The standard InChI is InChI=1S/C12H15Cl2NO2S/c13-9-2-5-11(14)12(8-9)18(16,17)7-1-6-15-10-3-4-10/h2,5,8,10,15H,1,3-4,6-7H2. The number of benzene rings is 1. The second-order valence-corrected chi connectivity index (χ2v) is 7.40. The first-order chi connectivity index (χ1) is 8.49. The van der Waals surface area contributed by atoms with Crippen molar-refractivity contribution in [1.29, 1.82) is 0 Å². The van der Waals surface area contributed by atoms with Gasteiger partial charge in [0.15, 0.2) is 9.84 Å². The van der Waals surface area contributed by atoms with E-state index < -0.39 is 9.84 Å². The first kappa shape index (κ1) is 14.1. The van der Waals surface area contributed by atoms with Gasteiger partial charge in [0.05, 0.1) is 15.7 Å². The van der Waals surface area contributed by atoms with Crippen LogP contribution in [0.5, 0.6) is 0 Å². The molecule has 1 aliphatic rings. The Morgan fingerprint density at radius 3 is 2.67 bits per heavy atom. The number of nitrogens with one attached hydrogen (secondary N) is 1. The molecule has 3 nitrogen and oxygen atoms in total. The lowest BCUT2D eigenvalue weighted by Crippen LogP contribution is -2.20. The highest BCUT2D eigenvalue weighted by Gasteiger charge is 2.21. The van der Waals surface area contributed by atoms with Crippen molar-refractivity contribution < 1.29 is 8.42 Å². The molecule has 0 radical (unpaired) electrons. The summed E-state index contributed by atoms with van der Waals surface area (Å²) in [7, 11) is -3.35. The first-order valence-electron chi connectivity index (χ1n) is 5.90. The van der Waals surface area contributed by atoms with Crippen LogP contribution in [0.4, 0.5) is 0 Å². The van der Waals surface area contributed by atoms with E-state index in [0.717, 1.165) is 6.54 Å². The van der Waals surface area contributed by atoms with Crippen LogP contribution in [0.1, 0.15) is 19.3 Å². The lowest BCUT2D eigenvalue weighted by atomic mass is 10.4. The minimum Gasteiger partial charge on any atom is -0.314 e. The van der Waals surface area contributed by atoms with Crippen molar-refractivity contribution in [2.45, 2.75) is 30.2 Å². The van der Waals surface area contributed by atoms with Crippen molar-refractivity contribution in [2.75, 3.05) is 12.3 Å². The highest BCUT2D eigenvalue weighted by molar-refractivity contribution is 7.91. The summed E-state index contributed by atoms with van der Waals surface area (Å²) >= 11 is 11.7. The molecule has 0 saturated heterocycles. The smallest absolute Gasteiger partial charge is 0.179 e. The van der Waals surface area contributed by atoms with Crippen molar-refractivity contribution in [3.8, 4) is 0 Å². The topological polar surface area (TPSA) is 46.2 Å². The molecule has 0 spiro atoms. The van der Waals surface area contributed by atoms with E-state index in [1.165, 1.54) is 25.0 Å². The van der Waals surface area contributed by atoms with Crippen LogP contribution >= 0.6 is 23.2 Å². The van der Waals surface area contributed by atoms with Crippen LogP contribution in [0.2, 0.25) is 10.0 Å². The third-order valence-electron chi connectivity index (χ3n) is 2.83. The minimum atomic E-state index is -3.35. The fraction of sp³-hybridized carbons (Fsp3) is 0.500. The molecule has 1 aromatic rings. The molecule has 0 unspecified atom stereocenters. The Morgan fingerprint density at radius 1 is 1.28 bits per heavy atom. The maximum atomic E-state index is 12.1. The average molecular weight is 308 g/mol. The van der Waals surface area contributed by atoms with Gasteiger partial charge in [-0.15, -0.1) is 0 Å². The van der Waals surface area contributed by atoms with Gasteiger partial charge in [0.1, 0.15) is 0 Å². The van der Waals surface area contributed by atoms with Gasteiger partial charge in [0.2, 0.25) is 0 Å². The van der Waals surface area contributed by atoms with Crippen LogP contribution in [0.15, 0.2) is 23.1 Å². The Bertz CT molecular complexity index is 527. The summed E-state index contributed by atoms with van der Waals surface area (Å²) in [5.74, 6) is 0.0901. The zero-order valence-corrected chi connectivity index (χ0v) is 12.2. The molecule has 1 aromatic carbocycles. The van der Waals surface area contributed by atoms with Gasteiger partial charge >= 0.3 is 0 Å². The molecular weight excluding hydrogens is 293 g/mol. The van der Waals surface area contributed by atoms with Crippen molar-refractivity contribution >= 4 is 33.0 Å². The predicted molar refractivity (Wildman–Crippen MR) is 74.2 cm³/mol. The van der Waals surface area contributed by atoms with Crippen molar-refractivity contribution in [1.82, 2.24) is 5.32 Å². The Kier molecular flexibility index (Phi) is 4.54. The molecule has 1 aliphatic carbocycles. The molecule has 0 atom stereocenters. The molecule has 0 heterocycles. The van der Waals surface area contributed by atoms with E-state index in [-0.39, 0.29) is 15.7 Å². The van der Waals surface area contributed by atoms with E-state index in [0.29, 0.717) is 17.5 Å². The molecular formula is C12H15Cl2NO2S. The normalized spacial score (nSPS) is 15.9. The van der Waals surface area contributed by atoms with Crippen LogP contribution < -0.4 is 5.32 Å². The SMILES string of the molecule is O=S(=O)(CCCNC1CC1)c1cc(Cl)ccc1Cl. The Morgan fingerprint density at radius 2 is 2.00 bits per heavy atom. The van der Waals surface area contributed by atoms with E-state index in [2.05, 4.69) is 5.32 Å². The molecule has 2 rings (SSSR count). The van der Waals surface area contributed by atoms with E-state index in [4.69, 9.17) is 23.2 Å². The number of hydrogen-bond donors (Lipinski definition) is 1. The van der Waals surface area contributed by atoms with Gasteiger partial charge in [-0.1, -0.05) is 23.2 Å². The van der Waals surface area contributed by atoms with Crippen LogP contribution in [-0.2, 0) is 9.84 Å². The fourth-order valence-corrected chi connectivity index (χ4v) is 3.80. The maximum Gasteiger partial charge on any atom is 0.179 e. The molecule has 0 aliphatic heterocycles. The van der Waals surface area contributed by atoms with Crippen molar-refractivity contribution in [3.05, 3.63) is 28.2 Å². The minimum absolute atomic E-state index is 0.0901. The van der Waals surface area contributed by atoms with Crippen LogP contribution in [0.25, 0.3) is 0 Å². The summed E-state index contributed by atoms with van der Waals surface area (Å²) in [6.07, 6.45) is 2.99. The summed E-state index contributed by atoms with van der Waals surface area (Å²) < 4.78 is 24.2. The number of halogens is 2. The largest absolute Gasteiger partial charge is 0.314 e. The second kappa shape index (κ2) is 5.78. The van der Waals surface area contributed by atoms with Gasteiger partial charge in [-0.2, -0.15) is 0 Å². The Balaban J connectivity index is 1.97. The third-order valence-corrected chi connectivity index (χ3v) is 5.34. The molecule has 100 valence electrons. The molecule has 0 amide bonds. The molecule has 18 heavy (non-hydrogen) atoms. The molecule has 0 aromatic heterocycles. The Hall–Kier alpha value is -0.290. The Labute approximate surface area is 117 Å². The van der Waals surface area contributed by atoms with Crippen LogP contribution in [0.3, 0.4) is 0 Å².